The molecule has 0 bridgehead atoms. The molecular formula is C12H17N3OS. The van der Waals surface area contributed by atoms with Crippen molar-refractivity contribution in [1.29, 1.82) is 0 Å². The predicted octanol–water partition coefficient (Wildman–Crippen LogP) is 2.91. The summed E-state index contributed by atoms with van der Waals surface area (Å²) in [7, 11) is 0. The van der Waals surface area contributed by atoms with Gasteiger partial charge in [0, 0.05) is 10.9 Å². The van der Waals surface area contributed by atoms with Crippen molar-refractivity contribution in [1.82, 2.24) is 15.5 Å². The van der Waals surface area contributed by atoms with Crippen LogP contribution in [0.3, 0.4) is 0 Å². The quantitative estimate of drug-likeness (QED) is 0.907. The smallest absolute Gasteiger partial charge is 0.268 e. The standard InChI is InChI=1S/C12H17N3OS/c1-7(2)13-6-11-14-12(16-15-11)10-5-8(3)9(4)17-10/h5,7,13H,6H2,1-4H3. The van der Waals surface area contributed by atoms with Crippen molar-refractivity contribution in [3.63, 3.8) is 0 Å². The first-order valence-corrected chi connectivity index (χ1v) is 6.51. The van der Waals surface area contributed by atoms with Crippen LogP contribution >= 0.6 is 11.3 Å². The van der Waals surface area contributed by atoms with Crippen molar-refractivity contribution < 1.29 is 4.52 Å². The van der Waals surface area contributed by atoms with Crippen molar-refractivity contribution in [3.05, 3.63) is 22.3 Å². The second-order valence-electron chi connectivity index (χ2n) is 4.40. The Balaban J connectivity index is 2.12. The van der Waals surface area contributed by atoms with E-state index in [1.807, 2.05) is 0 Å². The highest BCUT2D eigenvalue weighted by atomic mass is 32.1. The number of nitrogens with one attached hydrogen (secondary N) is 1. The number of rotatable bonds is 4. The average molecular weight is 251 g/mol. The van der Waals surface area contributed by atoms with Crippen molar-refractivity contribution in [2.75, 3.05) is 0 Å². The molecule has 2 aromatic heterocycles. The molecule has 0 saturated heterocycles. The summed E-state index contributed by atoms with van der Waals surface area (Å²) < 4.78 is 5.26. The van der Waals surface area contributed by atoms with E-state index in [0.29, 0.717) is 24.3 Å². The van der Waals surface area contributed by atoms with E-state index in [1.165, 1.54) is 10.4 Å². The largest absolute Gasteiger partial charge is 0.333 e. The first-order valence-electron chi connectivity index (χ1n) is 5.69. The first-order chi connectivity index (χ1) is 8.06. The number of nitrogens with zero attached hydrogens (tertiary/aromatic N) is 2. The zero-order chi connectivity index (χ0) is 12.4. The van der Waals surface area contributed by atoms with Gasteiger partial charge in [-0.15, -0.1) is 11.3 Å². The van der Waals surface area contributed by atoms with E-state index in [2.05, 4.69) is 49.2 Å². The summed E-state index contributed by atoms with van der Waals surface area (Å²) in [6.45, 7) is 9.01. The Morgan fingerprint density at radius 1 is 1.41 bits per heavy atom. The van der Waals surface area contributed by atoms with Crippen molar-refractivity contribution in [3.8, 4) is 10.8 Å². The minimum Gasteiger partial charge on any atom is -0.333 e. The van der Waals surface area contributed by atoms with Crippen LogP contribution in [0.2, 0.25) is 0 Å². The summed E-state index contributed by atoms with van der Waals surface area (Å²) in [6.07, 6.45) is 0. The molecule has 5 heteroatoms. The van der Waals surface area contributed by atoms with Crippen LogP contribution in [-0.2, 0) is 6.54 Å². The zero-order valence-corrected chi connectivity index (χ0v) is 11.4. The average Bonchev–Trinajstić information content (AvgIpc) is 2.84. The second kappa shape index (κ2) is 4.98. The lowest BCUT2D eigenvalue weighted by Gasteiger charge is -2.02. The van der Waals surface area contributed by atoms with Gasteiger partial charge in [0.25, 0.3) is 5.89 Å². The fourth-order valence-electron chi connectivity index (χ4n) is 1.40. The Kier molecular flexibility index (Phi) is 3.59. The molecule has 2 aromatic rings. The zero-order valence-electron chi connectivity index (χ0n) is 10.6. The Hall–Kier alpha value is -1.20. The highest BCUT2D eigenvalue weighted by Crippen LogP contribution is 2.29. The minimum absolute atomic E-state index is 0.420. The van der Waals surface area contributed by atoms with Crippen LogP contribution in [0.5, 0.6) is 0 Å². The SMILES string of the molecule is Cc1cc(-c2nc(CNC(C)C)no2)sc1C. The normalized spacial score (nSPS) is 11.4. The molecule has 0 spiro atoms. The molecule has 0 aliphatic rings. The fourth-order valence-corrected chi connectivity index (χ4v) is 2.36. The molecule has 1 N–H and O–H groups in total. The van der Waals surface area contributed by atoms with Gasteiger partial charge in [-0.25, -0.2) is 0 Å². The molecule has 0 aliphatic carbocycles. The molecule has 0 saturated carbocycles. The van der Waals surface area contributed by atoms with Gasteiger partial charge in [0.15, 0.2) is 5.82 Å². The molecule has 2 heterocycles. The van der Waals surface area contributed by atoms with Crippen LogP contribution < -0.4 is 5.32 Å². The number of hydrogen-bond acceptors (Lipinski definition) is 5. The lowest BCUT2D eigenvalue weighted by Crippen LogP contribution is -2.22. The summed E-state index contributed by atoms with van der Waals surface area (Å²) in [5, 5.41) is 7.22. The Morgan fingerprint density at radius 3 is 2.76 bits per heavy atom. The van der Waals surface area contributed by atoms with Crippen molar-refractivity contribution in [2.45, 2.75) is 40.3 Å². The lowest BCUT2D eigenvalue weighted by atomic mass is 10.3. The van der Waals surface area contributed by atoms with Crippen LogP contribution in [-0.4, -0.2) is 16.2 Å². The summed E-state index contributed by atoms with van der Waals surface area (Å²) in [4.78, 5) is 6.71. The van der Waals surface area contributed by atoms with E-state index in [9.17, 15) is 0 Å². The molecule has 17 heavy (non-hydrogen) atoms. The topological polar surface area (TPSA) is 51.0 Å². The minimum atomic E-state index is 0.420. The molecule has 0 amide bonds. The van der Waals surface area contributed by atoms with Gasteiger partial charge in [-0.3, -0.25) is 0 Å². The maximum absolute atomic E-state index is 5.26. The maximum Gasteiger partial charge on any atom is 0.268 e. The van der Waals surface area contributed by atoms with Crippen LogP contribution in [0.15, 0.2) is 10.6 Å². The molecule has 0 aliphatic heterocycles. The van der Waals surface area contributed by atoms with Gasteiger partial charge in [0.2, 0.25) is 0 Å². The lowest BCUT2D eigenvalue weighted by molar-refractivity contribution is 0.418. The van der Waals surface area contributed by atoms with E-state index >= 15 is 0 Å². The third kappa shape index (κ3) is 2.92. The first kappa shape index (κ1) is 12.3. The van der Waals surface area contributed by atoms with E-state index in [0.717, 1.165) is 4.88 Å². The fraction of sp³-hybridized carbons (Fsp3) is 0.500. The summed E-state index contributed by atoms with van der Waals surface area (Å²) in [6, 6.07) is 2.51. The molecular weight excluding hydrogens is 234 g/mol. The molecule has 0 aromatic carbocycles. The van der Waals surface area contributed by atoms with Gasteiger partial charge < -0.3 is 9.84 Å². The van der Waals surface area contributed by atoms with Gasteiger partial charge in [-0.2, -0.15) is 4.98 Å². The van der Waals surface area contributed by atoms with Crippen molar-refractivity contribution >= 4 is 11.3 Å². The van der Waals surface area contributed by atoms with Crippen LogP contribution in [0.25, 0.3) is 10.8 Å². The Morgan fingerprint density at radius 2 is 2.18 bits per heavy atom. The van der Waals surface area contributed by atoms with Gasteiger partial charge in [-0.1, -0.05) is 19.0 Å². The van der Waals surface area contributed by atoms with Gasteiger partial charge in [0.1, 0.15) is 0 Å². The van der Waals surface area contributed by atoms with Gasteiger partial charge in [-0.05, 0) is 25.5 Å². The number of hydrogen-bond donors (Lipinski definition) is 1. The van der Waals surface area contributed by atoms with Gasteiger partial charge in [0.05, 0.1) is 11.4 Å². The van der Waals surface area contributed by atoms with E-state index < -0.39 is 0 Å². The third-order valence-electron chi connectivity index (χ3n) is 2.51. The van der Waals surface area contributed by atoms with E-state index in [4.69, 9.17) is 4.52 Å². The number of aromatic nitrogens is 2. The van der Waals surface area contributed by atoms with Crippen LogP contribution in [0.1, 0.15) is 30.1 Å². The Bertz CT molecular complexity index is 482. The highest BCUT2D eigenvalue weighted by molar-refractivity contribution is 7.15. The van der Waals surface area contributed by atoms with E-state index in [1.54, 1.807) is 11.3 Å². The van der Waals surface area contributed by atoms with Crippen molar-refractivity contribution in [2.24, 2.45) is 0 Å². The number of thiophene rings is 1. The molecule has 0 atom stereocenters. The molecule has 4 nitrogen and oxygen atoms in total. The highest BCUT2D eigenvalue weighted by Gasteiger charge is 2.12. The van der Waals surface area contributed by atoms with Gasteiger partial charge >= 0.3 is 0 Å². The molecule has 2 rings (SSSR count). The maximum atomic E-state index is 5.26. The monoisotopic (exact) mass is 251 g/mol. The second-order valence-corrected chi connectivity index (χ2v) is 5.66. The van der Waals surface area contributed by atoms with Crippen LogP contribution in [0, 0.1) is 13.8 Å². The summed E-state index contributed by atoms with van der Waals surface area (Å²) in [5.74, 6) is 1.32. The summed E-state index contributed by atoms with van der Waals surface area (Å²) >= 11 is 1.69. The van der Waals surface area contributed by atoms with E-state index in [-0.39, 0.29) is 0 Å². The van der Waals surface area contributed by atoms with Crippen LogP contribution in [0.4, 0.5) is 0 Å². The molecule has 92 valence electrons. The molecule has 0 radical (unpaired) electrons. The predicted molar refractivity (Wildman–Crippen MR) is 69.1 cm³/mol. The Labute approximate surface area is 105 Å². The third-order valence-corrected chi connectivity index (χ3v) is 3.65. The summed E-state index contributed by atoms with van der Waals surface area (Å²) in [5.41, 5.74) is 1.27. The molecule has 0 unspecified atom stereocenters. The molecule has 0 fully saturated rings. The number of aryl methyl sites for hydroxylation is 2.